The van der Waals surface area contributed by atoms with Gasteiger partial charge in [-0.05, 0) is 29.8 Å². The monoisotopic (exact) mass is 389 g/mol. The number of anilines is 1. The van der Waals surface area contributed by atoms with Gasteiger partial charge in [-0.25, -0.2) is 9.18 Å². The van der Waals surface area contributed by atoms with E-state index in [1.165, 1.54) is 25.3 Å². The van der Waals surface area contributed by atoms with Gasteiger partial charge in [0.15, 0.2) is 0 Å². The van der Waals surface area contributed by atoms with Gasteiger partial charge in [-0.2, -0.15) is 0 Å². The van der Waals surface area contributed by atoms with E-state index in [1.54, 1.807) is 35.7 Å². The predicted octanol–water partition coefficient (Wildman–Crippen LogP) is 5.25. The number of carbonyl (C=O) groups excluding carboxylic acids is 2. The molecule has 0 radical (unpaired) electrons. The van der Waals surface area contributed by atoms with Crippen molar-refractivity contribution in [2.75, 3.05) is 12.4 Å². The minimum absolute atomic E-state index is 0.107. The van der Waals surface area contributed by atoms with Gasteiger partial charge in [0.25, 0.3) is 5.91 Å². The SMILES string of the molecule is COC(=O)c1c(-c2ccc(Cl)cc2)csc1NC(=O)c1ccccc1F. The summed E-state index contributed by atoms with van der Waals surface area (Å²) < 4.78 is 18.7. The highest BCUT2D eigenvalue weighted by Crippen LogP contribution is 2.36. The average Bonchev–Trinajstić information content (AvgIpc) is 3.05. The van der Waals surface area contributed by atoms with Gasteiger partial charge in [0.2, 0.25) is 0 Å². The van der Waals surface area contributed by atoms with Crippen LogP contribution in [0.1, 0.15) is 20.7 Å². The topological polar surface area (TPSA) is 55.4 Å². The van der Waals surface area contributed by atoms with Crippen molar-refractivity contribution in [3.8, 4) is 11.1 Å². The van der Waals surface area contributed by atoms with E-state index in [-0.39, 0.29) is 16.1 Å². The Kier molecular flexibility index (Phi) is 5.35. The number of esters is 1. The second kappa shape index (κ2) is 7.68. The normalized spacial score (nSPS) is 10.4. The van der Waals surface area contributed by atoms with Crippen LogP contribution in [0.15, 0.2) is 53.9 Å². The third-order valence-electron chi connectivity index (χ3n) is 3.68. The van der Waals surface area contributed by atoms with Crippen LogP contribution in [0.2, 0.25) is 5.02 Å². The van der Waals surface area contributed by atoms with Crippen molar-refractivity contribution < 1.29 is 18.7 Å². The molecule has 0 atom stereocenters. The molecular formula is C19H13ClFNO3S. The van der Waals surface area contributed by atoms with Crippen LogP contribution in [0.3, 0.4) is 0 Å². The molecule has 26 heavy (non-hydrogen) atoms. The lowest BCUT2D eigenvalue weighted by Gasteiger charge is -2.08. The third kappa shape index (κ3) is 3.61. The van der Waals surface area contributed by atoms with E-state index in [9.17, 15) is 14.0 Å². The number of rotatable bonds is 4. The first-order valence-corrected chi connectivity index (χ1v) is 8.78. The van der Waals surface area contributed by atoms with Gasteiger partial charge in [-0.3, -0.25) is 4.79 Å². The molecule has 0 aliphatic carbocycles. The molecule has 1 N–H and O–H groups in total. The zero-order chi connectivity index (χ0) is 18.7. The summed E-state index contributed by atoms with van der Waals surface area (Å²) in [6, 6.07) is 12.6. The number of nitrogens with one attached hydrogen (secondary N) is 1. The number of thiophene rings is 1. The summed E-state index contributed by atoms with van der Waals surface area (Å²) >= 11 is 7.06. The first-order valence-electron chi connectivity index (χ1n) is 7.53. The van der Waals surface area contributed by atoms with Gasteiger partial charge < -0.3 is 10.1 Å². The molecule has 132 valence electrons. The molecule has 0 aliphatic heterocycles. The smallest absolute Gasteiger partial charge is 0.341 e. The van der Waals surface area contributed by atoms with E-state index < -0.39 is 17.7 Å². The Morgan fingerprint density at radius 3 is 2.46 bits per heavy atom. The van der Waals surface area contributed by atoms with Gasteiger partial charge in [0, 0.05) is 16.0 Å². The maximum absolute atomic E-state index is 13.8. The van der Waals surface area contributed by atoms with Crippen molar-refractivity contribution in [3.63, 3.8) is 0 Å². The van der Waals surface area contributed by atoms with Crippen molar-refractivity contribution >= 4 is 39.8 Å². The standard InChI is InChI=1S/C19H13ClFNO3S/c1-25-19(24)16-14(11-6-8-12(20)9-7-11)10-26-18(16)22-17(23)13-4-2-3-5-15(13)21/h2-10H,1H3,(H,22,23). The molecule has 0 saturated heterocycles. The van der Waals surface area contributed by atoms with Crippen LogP contribution in [0.4, 0.5) is 9.39 Å². The zero-order valence-corrected chi connectivity index (χ0v) is 15.2. The van der Waals surface area contributed by atoms with E-state index in [4.69, 9.17) is 16.3 Å². The van der Waals surface area contributed by atoms with Gasteiger partial charge in [-0.1, -0.05) is 35.9 Å². The largest absolute Gasteiger partial charge is 0.465 e. The molecule has 0 bridgehead atoms. The number of hydrogen-bond acceptors (Lipinski definition) is 4. The highest BCUT2D eigenvalue weighted by Gasteiger charge is 2.23. The molecule has 1 amide bonds. The maximum Gasteiger partial charge on any atom is 0.341 e. The van der Waals surface area contributed by atoms with Gasteiger partial charge in [0.1, 0.15) is 16.4 Å². The summed E-state index contributed by atoms with van der Waals surface area (Å²) in [7, 11) is 1.26. The van der Waals surface area contributed by atoms with Crippen molar-refractivity contribution in [1.82, 2.24) is 0 Å². The van der Waals surface area contributed by atoms with Crippen molar-refractivity contribution in [1.29, 1.82) is 0 Å². The first kappa shape index (κ1) is 18.1. The Labute approximate surface area is 158 Å². The number of benzene rings is 2. The van der Waals surface area contributed by atoms with E-state index in [0.29, 0.717) is 10.6 Å². The Balaban J connectivity index is 2.00. The molecule has 0 unspecified atom stereocenters. The summed E-state index contributed by atoms with van der Waals surface area (Å²) in [5.41, 5.74) is 1.45. The van der Waals surface area contributed by atoms with Crippen molar-refractivity contribution in [2.24, 2.45) is 0 Å². The Hall–Kier alpha value is -2.70. The van der Waals surface area contributed by atoms with E-state index in [1.807, 2.05) is 0 Å². The number of carbonyl (C=O) groups is 2. The van der Waals surface area contributed by atoms with Crippen LogP contribution in [-0.2, 0) is 4.74 Å². The lowest BCUT2D eigenvalue weighted by molar-refractivity contribution is 0.0603. The lowest BCUT2D eigenvalue weighted by atomic mass is 10.0. The molecule has 0 aliphatic rings. The number of methoxy groups -OCH3 is 1. The third-order valence-corrected chi connectivity index (χ3v) is 4.83. The van der Waals surface area contributed by atoms with Crippen LogP contribution in [0.25, 0.3) is 11.1 Å². The average molecular weight is 390 g/mol. The lowest BCUT2D eigenvalue weighted by Crippen LogP contribution is -2.15. The molecule has 1 aromatic heterocycles. The molecule has 1 heterocycles. The summed E-state index contributed by atoms with van der Waals surface area (Å²) in [6.45, 7) is 0. The number of ether oxygens (including phenoxy) is 1. The minimum Gasteiger partial charge on any atom is -0.465 e. The zero-order valence-electron chi connectivity index (χ0n) is 13.6. The molecule has 0 fully saturated rings. The number of hydrogen-bond donors (Lipinski definition) is 1. The summed E-state index contributed by atoms with van der Waals surface area (Å²) in [4.78, 5) is 24.6. The predicted molar refractivity (Wildman–Crippen MR) is 100 cm³/mol. The molecule has 7 heteroatoms. The minimum atomic E-state index is -0.641. The quantitative estimate of drug-likeness (QED) is 0.620. The molecule has 0 spiro atoms. The highest BCUT2D eigenvalue weighted by molar-refractivity contribution is 7.15. The van der Waals surface area contributed by atoms with Crippen LogP contribution in [0, 0.1) is 5.82 Å². The molecule has 3 rings (SSSR count). The van der Waals surface area contributed by atoms with Gasteiger partial charge in [-0.15, -0.1) is 11.3 Å². The fourth-order valence-corrected chi connectivity index (χ4v) is 3.49. The fourth-order valence-electron chi connectivity index (χ4n) is 2.41. The summed E-state index contributed by atoms with van der Waals surface area (Å²) in [5.74, 6) is -1.88. The van der Waals surface area contributed by atoms with Gasteiger partial charge >= 0.3 is 5.97 Å². The molecule has 4 nitrogen and oxygen atoms in total. The van der Waals surface area contributed by atoms with E-state index >= 15 is 0 Å². The van der Waals surface area contributed by atoms with Crippen LogP contribution < -0.4 is 5.32 Å². The highest BCUT2D eigenvalue weighted by atomic mass is 35.5. The number of amides is 1. The van der Waals surface area contributed by atoms with Crippen LogP contribution in [0.5, 0.6) is 0 Å². The molecule has 3 aromatic rings. The summed E-state index contributed by atoms with van der Waals surface area (Å²) in [5, 5.41) is 5.18. The molecule has 2 aromatic carbocycles. The van der Waals surface area contributed by atoms with Crippen LogP contribution in [-0.4, -0.2) is 19.0 Å². The Morgan fingerprint density at radius 2 is 1.81 bits per heavy atom. The second-order valence-corrected chi connectivity index (χ2v) is 6.60. The van der Waals surface area contributed by atoms with Crippen LogP contribution >= 0.6 is 22.9 Å². The summed E-state index contributed by atoms with van der Waals surface area (Å²) in [6.07, 6.45) is 0. The van der Waals surface area contributed by atoms with Gasteiger partial charge in [0.05, 0.1) is 12.7 Å². The molecule has 0 saturated carbocycles. The van der Waals surface area contributed by atoms with Crippen molar-refractivity contribution in [3.05, 3.63) is 75.9 Å². The first-order chi connectivity index (χ1) is 12.5. The van der Waals surface area contributed by atoms with E-state index in [0.717, 1.165) is 16.9 Å². The maximum atomic E-state index is 13.8. The fraction of sp³-hybridized carbons (Fsp3) is 0.0526. The second-order valence-electron chi connectivity index (χ2n) is 5.29. The number of halogens is 2. The van der Waals surface area contributed by atoms with Crippen molar-refractivity contribution in [2.45, 2.75) is 0 Å². The molecular weight excluding hydrogens is 377 g/mol. The van der Waals surface area contributed by atoms with E-state index in [2.05, 4.69) is 5.32 Å². The Bertz CT molecular complexity index is 969. The Morgan fingerprint density at radius 1 is 1.12 bits per heavy atom.